The van der Waals surface area contributed by atoms with E-state index >= 15 is 0 Å². The molecule has 0 spiro atoms. The summed E-state index contributed by atoms with van der Waals surface area (Å²) in [5.74, 6) is 1.53. The van der Waals surface area contributed by atoms with E-state index < -0.39 is 0 Å². The molecule has 3 aromatic rings. The quantitative estimate of drug-likeness (QED) is 0.735. The molecular formula is C21H24N6O. The first-order valence-corrected chi connectivity index (χ1v) is 9.65. The van der Waals surface area contributed by atoms with Crippen LogP contribution in [0.4, 0.5) is 5.82 Å². The van der Waals surface area contributed by atoms with Gasteiger partial charge < -0.3 is 9.88 Å². The Labute approximate surface area is 164 Å². The smallest absolute Gasteiger partial charge is 0.251 e. The first-order valence-electron chi connectivity index (χ1n) is 9.65. The molecule has 1 aliphatic heterocycles. The first-order chi connectivity index (χ1) is 13.7. The van der Waals surface area contributed by atoms with Gasteiger partial charge in [-0.25, -0.2) is 9.97 Å². The highest BCUT2D eigenvalue weighted by atomic mass is 16.1. The maximum absolute atomic E-state index is 11.8. The topological polar surface area (TPSA) is 78.0 Å². The average molecular weight is 376 g/mol. The van der Waals surface area contributed by atoms with Crippen molar-refractivity contribution in [1.82, 2.24) is 24.8 Å². The molecule has 1 aliphatic rings. The van der Waals surface area contributed by atoms with Crippen LogP contribution >= 0.6 is 0 Å². The Kier molecular flexibility index (Phi) is 5.43. The second-order valence-electron chi connectivity index (χ2n) is 6.93. The molecule has 0 aromatic carbocycles. The van der Waals surface area contributed by atoms with E-state index in [0.717, 1.165) is 61.9 Å². The minimum absolute atomic E-state index is 0.130. The van der Waals surface area contributed by atoms with E-state index in [1.165, 1.54) is 6.07 Å². The van der Waals surface area contributed by atoms with Crippen LogP contribution in [0.3, 0.4) is 0 Å². The lowest BCUT2D eigenvalue weighted by Gasteiger charge is -2.35. The highest BCUT2D eigenvalue weighted by Crippen LogP contribution is 2.19. The maximum Gasteiger partial charge on any atom is 0.251 e. The second-order valence-corrected chi connectivity index (χ2v) is 6.93. The third kappa shape index (κ3) is 4.26. The summed E-state index contributed by atoms with van der Waals surface area (Å²) in [6, 6.07) is 11.6. The highest BCUT2D eigenvalue weighted by molar-refractivity contribution is 5.56. The molecule has 1 fully saturated rings. The molecule has 0 saturated carbocycles. The van der Waals surface area contributed by atoms with Crippen LogP contribution in [0.1, 0.15) is 18.3 Å². The SMILES string of the molecule is CCc1cc(=O)[nH]c(-c2ccc(N3CCN(Cc4ccccn4)CC3)nc2)n1. The maximum atomic E-state index is 11.8. The number of hydrogen-bond acceptors (Lipinski definition) is 6. The molecule has 0 radical (unpaired) electrons. The molecule has 4 rings (SSSR count). The normalized spacial score (nSPS) is 15.0. The lowest BCUT2D eigenvalue weighted by Crippen LogP contribution is -2.46. The number of anilines is 1. The predicted molar refractivity (Wildman–Crippen MR) is 109 cm³/mol. The van der Waals surface area contributed by atoms with Gasteiger partial charge in [0.2, 0.25) is 0 Å². The van der Waals surface area contributed by atoms with E-state index in [-0.39, 0.29) is 5.56 Å². The Morgan fingerprint density at radius 3 is 2.57 bits per heavy atom. The van der Waals surface area contributed by atoms with Crippen LogP contribution < -0.4 is 10.5 Å². The number of aryl methyl sites for hydroxylation is 1. The van der Waals surface area contributed by atoms with Gasteiger partial charge in [0, 0.05) is 62.4 Å². The van der Waals surface area contributed by atoms with E-state index in [1.807, 2.05) is 37.4 Å². The van der Waals surface area contributed by atoms with Crippen molar-refractivity contribution in [1.29, 1.82) is 0 Å². The average Bonchev–Trinajstić information content (AvgIpc) is 2.75. The number of nitrogens with zero attached hydrogens (tertiary/aromatic N) is 5. The fourth-order valence-electron chi connectivity index (χ4n) is 3.39. The van der Waals surface area contributed by atoms with Crippen LogP contribution in [0.2, 0.25) is 0 Å². The molecule has 3 aromatic heterocycles. The molecular weight excluding hydrogens is 352 g/mol. The predicted octanol–water partition coefficient (Wildman–Crippen LogP) is 2.11. The van der Waals surface area contributed by atoms with Crippen molar-refractivity contribution in [3.63, 3.8) is 0 Å². The molecule has 0 unspecified atom stereocenters. The zero-order valence-corrected chi connectivity index (χ0v) is 16.0. The molecule has 0 atom stereocenters. The van der Waals surface area contributed by atoms with Gasteiger partial charge in [0.05, 0.1) is 5.69 Å². The summed E-state index contributed by atoms with van der Waals surface area (Å²) in [5, 5.41) is 0. The third-order valence-electron chi connectivity index (χ3n) is 4.99. The fraction of sp³-hybridized carbons (Fsp3) is 0.333. The molecule has 1 saturated heterocycles. The van der Waals surface area contributed by atoms with E-state index in [9.17, 15) is 4.79 Å². The number of aromatic nitrogens is 4. The molecule has 28 heavy (non-hydrogen) atoms. The van der Waals surface area contributed by atoms with E-state index in [0.29, 0.717) is 5.82 Å². The Hall–Kier alpha value is -3.06. The number of H-pyrrole nitrogens is 1. The summed E-state index contributed by atoms with van der Waals surface area (Å²) in [7, 11) is 0. The number of nitrogens with one attached hydrogen (secondary N) is 1. The van der Waals surface area contributed by atoms with Gasteiger partial charge in [0.15, 0.2) is 0 Å². The lowest BCUT2D eigenvalue weighted by atomic mass is 10.2. The summed E-state index contributed by atoms with van der Waals surface area (Å²) in [6.45, 7) is 6.69. The summed E-state index contributed by atoms with van der Waals surface area (Å²) in [6.07, 6.45) is 4.36. The number of pyridine rings is 2. The van der Waals surface area contributed by atoms with Crippen molar-refractivity contribution in [3.05, 3.63) is 70.5 Å². The highest BCUT2D eigenvalue weighted by Gasteiger charge is 2.18. The number of aromatic amines is 1. The summed E-state index contributed by atoms with van der Waals surface area (Å²) >= 11 is 0. The van der Waals surface area contributed by atoms with Crippen LogP contribution in [0.5, 0.6) is 0 Å². The minimum atomic E-state index is -0.130. The van der Waals surface area contributed by atoms with Crippen molar-refractivity contribution in [3.8, 4) is 11.4 Å². The molecule has 0 bridgehead atoms. The Morgan fingerprint density at radius 1 is 1.04 bits per heavy atom. The van der Waals surface area contributed by atoms with Gasteiger partial charge >= 0.3 is 0 Å². The van der Waals surface area contributed by atoms with Crippen molar-refractivity contribution >= 4 is 5.82 Å². The Morgan fingerprint density at radius 2 is 1.89 bits per heavy atom. The fourth-order valence-corrected chi connectivity index (χ4v) is 3.39. The van der Waals surface area contributed by atoms with E-state index in [2.05, 4.69) is 35.8 Å². The second kappa shape index (κ2) is 8.31. The van der Waals surface area contributed by atoms with Gasteiger partial charge in [0.25, 0.3) is 5.56 Å². The van der Waals surface area contributed by atoms with Crippen molar-refractivity contribution in [2.24, 2.45) is 0 Å². The first kappa shape index (κ1) is 18.3. The Bertz CT molecular complexity index is 962. The van der Waals surface area contributed by atoms with Crippen LogP contribution in [0, 0.1) is 0 Å². The standard InChI is InChI=1S/C21H24N6O/c1-2-17-13-20(28)25-21(24-17)16-6-7-19(23-14-16)27-11-9-26(10-12-27)15-18-5-3-4-8-22-18/h3-8,13-14H,2,9-12,15H2,1H3,(H,24,25,28). The molecule has 7 heteroatoms. The van der Waals surface area contributed by atoms with Crippen LogP contribution in [-0.2, 0) is 13.0 Å². The molecule has 0 aliphatic carbocycles. The molecule has 0 amide bonds. The molecule has 144 valence electrons. The third-order valence-corrected chi connectivity index (χ3v) is 4.99. The molecule has 4 heterocycles. The van der Waals surface area contributed by atoms with Gasteiger partial charge in [-0.3, -0.25) is 14.7 Å². The molecule has 1 N–H and O–H groups in total. The number of piperazine rings is 1. The van der Waals surface area contributed by atoms with Crippen LogP contribution in [-0.4, -0.2) is 51.0 Å². The minimum Gasteiger partial charge on any atom is -0.354 e. The number of hydrogen-bond donors (Lipinski definition) is 1. The summed E-state index contributed by atoms with van der Waals surface area (Å²) in [5.41, 5.74) is 2.58. The van der Waals surface area contributed by atoms with E-state index in [4.69, 9.17) is 0 Å². The van der Waals surface area contributed by atoms with Gasteiger partial charge in [0.1, 0.15) is 11.6 Å². The van der Waals surface area contributed by atoms with Gasteiger partial charge in [-0.1, -0.05) is 13.0 Å². The van der Waals surface area contributed by atoms with Crippen LogP contribution in [0.15, 0.2) is 53.6 Å². The van der Waals surface area contributed by atoms with Crippen LogP contribution in [0.25, 0.3) is 11.4 Å². The number of rotatable bonds is 5. The van der Waals surface area contributed by atoms with Gasteiger partial charge in [-0.2, -0.15) is 0 Å². The zero-order valence-electron chi connectivity index (χ0n) is 16.0. The largest absolute Gasteiger partial charge is 0.354 e. The lowest BCUT2D eigenvalue weighted by molar-refractivity contribution is 0.246. The van der Waals surface area contributed by atoms with Crippen molar-refractivity contribution in [2.45, 2.75) is 19.9 Å². The summed E-state index contributed by atoms with van der Waals surface area (Å²) < 4.78 is 0. The summed E-state index contributed by atoms with van der Waals surface area (Å²) in [4.78, 5) is 32.8. The van der Waals surface area contributed by atoms with Gasteiger partial charge in [-0.15, -0.1) is 0 Å². The zero-order chi connectivity index (χ0) is 19.3. The van der Waals surface area contributed by atoms with Gasteiger partial charge in [-0.05, 0) is 30.7 Å². The monoisotopic (exact) mass is 376 g/mol. The van der Waals surface area contributed by atoms with E-state index in [1.54, 1.807) is 6.20 Å². The Balaban J connectivity index is 1.40. The molecule has 7 nitrogen and oxygen atoms in total. The van der Waals surface area contributed by atoms with Crippen molar-refractivity contribution < 1.29 is 0 Å². The van der Waals surface area contributed by atoms with Crippen molar-refractivity contribution in [2.75, 3.05) is 31.1 Å².